The summed E-state index contributed by atoms with van der Waals surface area (Å²) in [7, 11) is 0. The monoisotopic (exact) mass is 207 g/mol. The first-order valence-electron chi connectivity index (χ1n) is 4.63. The van der Waals surface area contributed by atoms with Crippen LogP contribution in [-0.4, -0.2) is 59.7 Å². The van der Waals surface area contributed by atoms with Gasteiger partial charge in [-0.1, -0.05) is 0 Å². The largest absolute Gasteiger partial charge is 0.394 e. The molecule has 0 bridgehead atoms. The van der Waals surface area contributed by atoms with Gasteiger partial charge in [0, 0.05) is 13.0 Å². The van der Waals surface area contributed by atoms with Crippen LogP contribution >= 0.6 is 0 Å². The van der Waals surface area contributed by atoms with E-state index in [4.69, 9.17) is 20.3 Å². The highest BCUT2D eigenvalue weighted by Crippen LogP contribution is 2.20. The first kappa shape index (κ1) is 11.8. The molecule has 0 amide bonds. The van der Waals surface area contributed by atoms with Crippen LogP contribution in [0.4, 0.5) is 0 Å². The number of ether oxygens (including phenoxy) is 2. The van der Waals surface area contributed by atoms with Gasteiger partial charge >= 0.3 is 0 Å². The van der Waals surface area contributed by atoms with E-state index in [1.807, 2.05) is 0 Å². The summed E-state index contributed by atoms with van der Waals surface area (Å²) in [6, 6.07) is 0. The van der Waals surface area contributed by atoms with E-state index in [0.29, 0.717) is 6.54 Å². The van der Waals surface area contributed by atoms with Gasteiger partial charge in [-0.15, -0.1) is 0 Å². The second-order valence-electron chi connectivity index (χ2n) is 3.26. The maximum Gasteiger partial charge on any atom is 0.186 e. The highest BCUT2D eigenvalue weighted by molar-refractivity contribution is 4.80. The van der Waals surface area contributed by atoms with Crippen LogP contribution in [0.5, 0.6) is 0 Å². The Morgan fingerprint density at radius 2 is 2.14 bits per heavy atom. The van der Waals surface area contributed by atoms with Crippen molar-refractivity contribution in [3.63, 3.8) is 0 Å². The molecule has 0 aromatic heterocycles. The normalized spacial score (nSPS) is 38.6. The van der Waals surface area contributed by atoms with Gasteiger partial charge in [0.15, 0.2) is 6.29 Å². The molecule has 0 aromatic rings. The van der Waals surface area contributed by atoms with Gasteiger partial charge in [0.2, 0.25) is 0 Å². The molecule has 14 heavy (non-hydrogen) atoms. The summed E-state index contributed by atoms with van der Waals surface area (Å²) in [4.78, 5) is 0. The molecule has 0 aromatic carbocycles. The molecule has 0 aliphatic carbocycles. The van der Waals surface area contributed by atoms with Crippen LogP contribution < -0.4 is 5.73 Å². The lowest BCUT2D eigenvalue weighted by Gasteiger charge is -2.36. The zero-order valence-electron chi connectivity index (χ0n) is 7.87. The molecule has 6 heteroatoms. The molecule has 6 nitrogen and oxygen atoms in total. The summed E-state index contributed by atoms with van der Waals surface area (Å²) in [5.41, 5.74) is 5.22. The Balaban J connectivity index is 2.45. The summed E-state index contributed by atoms with van der Waals surface area (Å²) in [5, 5.41) is 27.7. The quantitative estimate of drug-likeness (QED) is 0.416. The van der Waals surface area contributed by atoms with Gasteiger partial charge in [0.25, 0.3) is 0 Å². The van der Waals surface area contributed by atoms with Crippen molar-refractivity contribution in [2.24, 2.45) is 5.73 Å². The fourth-order valence-corrected chi connectivity index (χ4v) is 1.36. The molecule has 0 unspecified atom stereocenters. The lowest BCUT2D eigenvalue weighted by molar-refractivity contribution is -0.270. The summed E-state index contributed by atoms with van der Waals surface area (Å²) >= 11 is 0. The van der Waals surface area contributed by atoms with E-state index in [0.717, 1.165) is 0 Å². The molecular formula is C8H17NO5. The predicted octanol–water partition coefficient (Wildman–Crippen LogP) is -2.21. The van der Waals surface area contributed by atoms with Gasteiger partial charge in [-0.05, 0) is 0 Å². The third kappa shape index (κ3) is 2.88. The minimum Gasteiger partial charge on any atom is -0.394 e. The number of aliphatic hydroxyl groups is 3. The van der Waals surface area contributed by atoms with Crippen molar-refractivity contribution in [3.8, 4) is 0 Å². The van der Waals surface area contributed by atoms with E-state index in [1.165, 1.54) is 0 Å². The Morgan fingerprint density at radius 3 is 2.71 bits per heavy atom. The van der Waals surface area contributed by atoms with Gasteiger partial charge < -0.3 is 30.5 Å². The Kier molecular flexibility index (Phi) is 4.73. The van der Waals surface area contributed by atoms with E-state index in [9.17, 15) is 10.2 Å². The molecule has 4 atom stereocenters. The number of nitrogens with two attached hydrogens (primary N) is 1. The molecule has 1 aliphatic rings. The van der Waals surface area contributed by atoms with Gasteiger partial charge in [0.05, 0.1) is 25.4 Å². The second-order valence-corrected chi connectivity index (χ2v) is 3.26. The highest BCUT2D eigenvalue weighted by Gasteiger charge is 2.36. The van der Waals surface area contributed by atoms with E-state index >= 15 is 0 Å². The molecule has 0 radical (unpaired) electrons. The molecular weight excluding hydrogens is 190 g/mol. The molecule has 1 heterocycles. The standard InChI is InChI=1S/C8H17NO5/c9-1-2-13-8-7(12)6(11)3-5(4-10)14-8/h5-8,10-12H,1-4,9H2/t5-,6-,7-,8-/m0/s1. The zero-order chi connectivity index (χ0) is 10.6. The molecule has 84 valence electrons. The van der Waals surface area contributed by atoms with E-state index in [2.05, 4.69) is 0 Å². The fraction of sp³-hybridized carbons (Fsp3) is 1.00. The molecule has 5 N–H and O–H groups in total. The van der Waals surface area contributed by atoms with Crippen LogP contribution in [0.1, 0.15) is 6.42 Å². The molecule has 1 fully saturated rings. The van der Waals surface area contributed by atoms with Crippen LogP contribution in [0, 0.1) is 0 Å². The third-order valence-corrected chi connectivity index (χ3v) is 2.11. The summed E-state index contributed by atoms with van der Waals surface area (Å²) in [6.07, 6.45) is -3.19. The lowest BCUT2D eigenvalue weighted by atomic mass is 10.0. The first-order chi connectivity index (χ1) is 6.69. The van der Waals surface area contributed by atoms with Crippen LogP contribution in [0.3, 0.4) is 0 Å². The number of aliphatic hydroxyl groups excluding tert-OH is 3. The van der Waals surface area contributed by atoms with Crippen LogP contribution in [-0.2, 0) is 9.47 Å². The van der Waals surface area contributed by atoms with Crippen molar-refractivity contribution < 1.29 is 24.8 Å². The number of hydrogen-bond acceptors (Lipinski definition) is 6. The van der Waals surface area contributed by atoms with Gasteiger partial charge in [0.1, 0.15) is 6.10 Å². The average Bonchev–Trinajstić information content (AvgIpc) is 2.20. The van der Waals surface area contributed by atoms with Crippen molar-refractivity contribution in [1.82, 2.24) is 0 Å². The first-order valence-corrected chi connectivity index (χ1v) is 4.63. The van der Waals surface area contributed by atoms with Gasteiger partial charge in [-0.3, -0.25) is 0 Å². The topological polar surface area (TPSA) is 105 Å². The number of hydrogen-bond donors (Lipinski definition) is 4. The smallest absolute Gasteiger partial charge is 0.186 e. The molecule has 0 spiro atoms. The Hall–Kier alpha value is -0.240. The number of rotatable bonds is 4. The zero-order valence-corrected chi connectivity index (χ0v) is 7.87. The third-order valence-electron chi connectivity index (χ3n) is 2.11. The molecule has 0 saturated carbocycles. The van der Waals surface area contributed by atoms with Crippen molar-refractivity contribution in [2.45, 2.75) is 31.0 Å². The van der Waals surface area contributed by atoms with Gasteiger partial charge in [-0.25, -0.2) is 0 Å². The van der Waals surface area contributed by atoms with Crippen molar-refractivity contribution >= 4 is 0 Å². The maximum absolute atomic E-state index is 9.45. The Labute approximate surface area is 82.2 Å². The minimum atomic E-state index is -1.08. The van der Waals surface area contributed by atoms with E-state index in [1.54, 1.807) is 0 Å². The fourth-order valence-electron chi connectivity index (χ4n) is 1.36. The van der Waals surface area contributed by atoms with Crippen molar-refractivity contribution in [2.75, 3.05) is 19.8 Å². The Morgan fingerprint density at radius 1 is 1.43 bits per heavy atom. The van der Waals surface area contributed by atoms with Gasteiger partial charge in [-0.2, -0.15) is 0 Å². The SMILES string of the molecule is NCCO[C@H]1O[C@H](CO)C[C@H](O)[C@@H]1O. The molecule has 1 aliphatic heterocycles. The average molecular weight is 207 g/mol. The van der Waals surface area contributed by atoms with Crippen molar-refractivity contribution in [1.29, 1.82) is 0 Å². The molecule has 1 rings (SSSR count). The minimum absolute atomic E-state index is 0.202. The summed E-state index contributed by atoms with van der Waals surface area (Å²) in [6.45, 7) is 0.353. The van der Waals surface area contributed by atoms with Crippen LogP contribution in [0.2, 0.25) is 0 Å². The van der Waals surface area contributed by atoms with E-state index < -0.39 is 24.6 Å². The predicted molar refractivity (Wildman–Crippen MR) is 47.4 cm³/mol. The maximum atomic E-state index is 9.45. The Bertz CT molecular complexity index is 168. The van der Waals surface area contributed by atoms with Crippen LogP contribution in [0.25, 0.3) is 0 Å². The highest BCUT2D eigenvalue weighted by atomic mass is 16.7. The van der Waals surface area contributed by atoms with Crippen LogP contribution in [0.15, 0.2) is 0 Å². The molecule has 1 saturated heterocycles. The summed E-state index contributed by atoms with van der Waals surface area (Å²) < 4.78 is 10.3. The van der Waals surface area contributed by atoms with E-state index in [-0.39, 0.29) is 19.6 Å². The lowest BCUT2D eigenvalue weighted by Crippen LogP contribution is -2.50. The summed E-state index contributed by atoms with van der Waals surface area (Å²) in [5.74, 6) is 0. The van der Waals surface area contributed by atoms with Crippen molar-refractivity contribution in [3.05, 3.63) is 0 Å². The second kappa shape index (κ2) is 5.59.